The number of benzene rings is 2. The molecule has 3 rings (SSSR count). The molecule has 0 saturated carbocycles. The molecule has 0 spiro atoms. The highest BCUT2D eigenvalue weighted by Gasteiger charge is 2.24. The fourth-order valence-electron chi connectivity index (χ4n) is 2.58. The number of carbonyl (C=O) groups is 2. The van der Waals surface area contributed by atoms with Crippen LogP contribution in [0.5, 0.6) is 0 Å². The summed E-state index contributed by atoms with van der Waals surface area (Å²) in [5, 5.41) is 0. The molecule has 2 aromatic rings. The van der Waals surface area contributed by atoms with Crippen LogP contribution in [0.15, 0.2) is 60.7 Å². The van der Waals surface area contributed by atoms with Crippen LogP contribution >= 0.6 is 0 Å². The Labute approximate surface area is 135 Å². The Hall–Kier alpha value is -2.88. The van der Waals surface area contributed by atoms with E-state index in [-0.39, 0.29) is 12.5 Å². The maximum Gasteiger partial charge on any atom is 0.331 e. The van der Waals surface area contributed by atoms with Gasteiger partial charge in [0.2, 0.25) is 0 Å². The topological polar surface area (TPSA) is 46.6 Å². The van der Waals surface area contributed by atoms with Gasteiger partial charge in [0, 0.05) is 18.3 Å². The number of nitrogens with zero attached hydrogens (tertiary/aromatic N) is 1. The number of hydrogen-bond donors (Lipinski definition) is 0. The van der Waals surface area contributed by atoms with Gasteiger partial charge in [0.05, 0.1) is 0 Å². The van der Waals surface area contributed by atoms with E-state index >= 15 is 0 Å². The Bertz CT molecular complexity index is 737. The van der Waals surface area contributed by atoms with E-state index in [4.69, 9.17) is 4.74 Å². The van der Waals surface area contributed by atoms with Crippen LogP contribution in [-0.4, -0.2) is 25.0 Å². The summed E-state index contributed by atoms with van der Waals surface area (Å²) in [6.07, 6.45) is 3.84. The minimum Gasteiger partial charge on any atom is -0.452 e. The molecule has 4 nitrogen and oxygen atoms in total. The molecule has 1 amide bonds. The second-order valence-corrected chi connectivity index (χ2v) is 5.28. The van der Waals surface area contributed by atoms with Gasteiger partial charge in [0.15, 0.2) is 6.61 Å². The molecule has 4 heteroatoms. The second-order valence-electron chi connectivity index (χ2n) is 5.28. The van der Waals surface area contributed by atoms with Gasteiger partial charge in [-0.1, -0.05) is 48.5 Å². The Balaban J connectivity index is 1.54. The largest absolute Gasteiger partial charge is 0.452 e. The Morgan fingerprint density at radius 1 is 1.04 bits per heavy atom. The minimum atomic E-state index is -0.519. The number of anilines is 1. The highest BCUT2D eigenvalue weighted by molar-refractivity contribution is 5.98. The molecule has 23 heavy (non-hydrogen) atoms. The first-order chi connectivity index (χ1) is 11.2. The molecule has 0 aliphatic carbocycles. The molecule has 0 bridgehead atoms. The first-order valence-corrected chi connectivity index (χ1v) is 7.52. The van der Waals surface area contributed by atoms with Gasteiger partial charge in [-0.25, -0.2) is 4.79 Å². The Morgan fingerprint density at radius 2 is 1.78 bits per heavy atom. The van der Waals surface area contributed by atoms with Crippen molar-refractivity contribution < 1.29 is 14.3 Å². The Morgan fingerprint density at radius 3 is 2.61 bits per heavy atom. The monoisotopic (exact) mass is 307 g/mol. The maximum absolute atomic E-state index is 12.2. The van der Waals surface area contributed by atoms with Crippen molar-refractivity contribution in [3.8, 4) is 0 Å². The van der Waals surface area contributed by atoms with E-state index in [1.54, 1.807) is 11.0 Å². The van der Waals surface area contributed by atoms with Gasteiger partial charge in [0.25, 0.3) is 5.91 Å². The van der Waals surface area contributed by atoms with Crippen molar-refractivity contribution in [2.45, 2.75) is 6.42 Å². The van der Waals surface area contributed by atoms with Crippen molar-refractivity contribution in [3.05, 3.63) is 71.8 Å². The lowest BCUT2D eigenvalue weighted by molar-refractivity contribution is -0.142. The van der Waals surface area contributed by atoms with E-state index in [0.717, 1.165) is 23.2 Å². The van der Waals surface area contributed by atoms with Crippen LogP contribution in [0, 0.1) is 0 Å². The number of hydrogen-bond acceptors (Lipinski definition) is 3. The van der Waals surface area contributed by atoms with Gasteiger partial charge in [-0.2, -0.15) is 0 Å². The van der Waals surface area contributed by atoms with E-state index in [1.807, 2.05) is 54.6 Å². The van der Waals surface area contributed by atoms with Crippen molar-refractivity contribution in [3.63, 3.8) is 0 Å². The fraction of sp³-hybridized carbons (Fsp3) is 0.158. The van der Waals surface area contributed by atoms with E-state index < -0.39 is 5.97 Å². The van der Waals surface area contributed by atoms with Crippen LogP contribution in [0.1, 0.15) is 11.1 Å². The number of rotatable bonds is 4. The highest BCUT2D eigenvalue weighted by atomic mass is 16.5. The van der Waals surface area contributed by atoms with Gasteiger partial charge in [0.1, 0.15) is 0 Å². The molecule has 2 aromatic carbocycles. The third kappa shape index (κ3) is 3.66. The summed E-state index contributed by atoms with van der Waals surface area (Å²) < 4.78 is 5.04. The van der Waals surface area contributed by atoms with Gasteiger partial charge in [-0.3, -0.25) is 4.79 Å². The second kappa shape index (κ2) is 6.92. The zero-order valence-corrected chi connectivity index (χ0v) is 12.6. The fourth-order valence-corrected chi connectivity index (χ4v) is 2.58. The van der Waals surface area contributed by atoms with Crippen LogP contribution < -0.4 is 4.90 Å². The predicted octanol–water partition coefficient (Wildman–Crippen LogP) is 2.83. The number of esters is 1. The van der Waals surface area contributed by atoms with E-state index in [0.29, 0.717) is 6.54 Å². The molecule has 0 atom stereocenters. The van der Waals surface area contributed by atoms with Crippen molar-refractivity contribution in [2.75, 3.05) is 18.1 Å². The third-order valence-electron chi connectivity index (χ3n) is 3.74. The lowest BCUT2D eigenvalue weighted by Crippen LogP contribution is -2.33. The van der Waals surface area contributed by atoms with E-state index in [2.05, 4.69) is 0 Å². The quantitative estimate of drug-likeness (QED) is 0.644. The molecule has 1 heterocycles. The summed E-state index contributed by atoms with van der Waals surface area (Å²) in [7, 11) is 0. The molecule has 0 aromatic heterocycles. The summed E-state index contributed by atoms with van der Waals surface area (Å²) in [5.74, 6) is -0.717. The molecular weight excluding hydrogens is 290 g/mol. The normalized spacial score (nSPS) is 13.1. The van der Waals surface area contributed by atoms with Crippen molar-refractivity contribution in [1.82, 2.24) is 0 Å². The number of amides is 1. The summed E-state index contributed by atoms with van der Waals surface area (Å²) in [6.45, 7) is 0.391. The molecule has 116 valence electrons. The third-order valence-corrected chi connectivity index (χ3v) is 3.74. The molecule has 0 fully saturated rings. The number of carbonyl (C=O) groups excluding carboxylic acids is 2. The lowest BCUT2D eigenvalue weighted by Gasteiger charge is -2.16. The first-order valence-electron chi connectivity index (χ1n) is 7.52. The van der Waals surface area contributed by atoms with Crippen LogP contribution in [-0.2, 0) is 20.7 Å². The average molecular weight is 307 g/mol. The first kappa shape index (κ1) is 15.0. The summed E-state index contributed by atoms with van der Waals surface area (Å²) in [6, 6.07) is 17.2. The number of fused-ring (bicyclic) bond motifs is 1. The summed E-state index contributed by atoms with van der Waals surface area (Å²) in [4.78, 5) is 25.6. The van der Waals surface area contributed by atoms with Gasteiger partial charge in [-0.15, -0.1) is 0 Å². The summed E-state index contributed by atoms with van der Waals surface area (Å²) in [5.41, 5.74) is 2.97. The average Bonchev–Trinajstić information content (AvgIpc) is 3.03. The Kier molecular flexibility index (Phi) is 4.52. The van der Waals surface area contributed by atoms with Crippen LogP contribution in [0.25, 0.3) is 6.08 Å². The minimum absolute atomic E-state index is 0.198. The summed E-state index contributed by atoms with van der Waals surface area (Å²) >= 11 is 0. The van der Waals surface area contributed by atoms with E-state index in [9.17, 15) is 9.59 Å². The zero-order valence-electron chi connectivity index (χ0n) is 12.6. The van der Waals surface area contributed by atoms with E-state index in [1.165, 1.54) is 6.08 Å². The predicted molar refractivity (Wildman–Crippen MR) is 88.9 cm³/mol. The van der Waals surface area contributed by atoms with Crippen LogP contribution in [0.3, 0.4) is 0 Å². The smallest absolute Gasteiger partial charge is 0.331 e. The van der Waals surface area contributed by atoms with Gasteiger partial charge in [-0.05, 0) is 29.7 Å². The van der Waals surface area contributed by atoms with Crippen molar-refractivity contribution in [2.24, 2.45) is 0 Å². The molecule has 0 radical (unpaired) electrons. The number of ether oxygens (including phenoxy) is 1. The van der Waals surface area contributed by atoms with Gasteiger partial charge >= 0.3 is 5.97 Å². The van der Waals surface area contributed by atoms with Gasteiger partial charge < -0.3 is 9.64 Å². The molecular formula is C19H17NO3. The van der Waals surface area contributed by atoms with Crippen molar-refractivity contribution >= 4 is 23.6 Å². The molecule has 0 N–H and O–H groups in total. The molecule has 1 aliphatic rings. The SMILES string of the molecule is O=C(C=Cc1ccccc1)OCC(=O)N1CCc2ccccc21. The van der Waals surface area contributed by atoms with Crippen LogP contribution in [0.4, 0.5) is 5.69 Å². The lowest BCUT2D eigenvalue weighted by atomic mass is 10.2. The molecule has 1 aliphatic heterocycles. The zero-order chi connectivity index (χ0) is 16.1. The highest BCUT2D eigenvalue weighted by Crippen LogP contribution is 2.27. The number of para-hydroxylation sites is 1. The van der Waals surface area contributed by atoms with Crippen LogP contribution in [0.2, 0.25) is 0 Å². The van der Waals surface area contributed by atoms with Crippen molar-refractivity contribution in [1.29, 1.82) is 0 Å². The molecule has 0 unspecified atom stereocenters. The molecule has 0 saturated heterocycles. The standard InChI is InChI=1S/C19H17NO3/c21-18(20-13-12-16-8-4-5-9-17(16)20)14-23-19(22)11-10-15-6-2-1-3-7-15/h1-11H,12-14H2. The maximum atomic E-state index is 12.2.